The molecule has 1 heterocycles. The van der Waals surface area contributed by atoms with Crippen molar-refractivity contribution in [2.24, 2.45) is 7.05 Å². The minimum atomic E-state index is 0.682. The van der Waals surface area contributed by atoms with Crippen LogP contribution in [0.1, 0.15) is 11.4 Å². The largest absolute Gasteiger partial charge is 0.306 e. The molecule has 106 valence electrons. The first kappa shape index (κ1) is 13.5. The second kappa shape index (κ2) is 6.33. The molecule has 1 aromatic heterocycles. The van der Waals surface area contributed by atoms with E-state index in [-0.39, 0.29) is 0 Å². The average Bonchev–Trinajstić information content (AvgIpc) is 2.94. The van der Waals surface area contributed by atoms with Gasteiger partial charge in [0.15, 0.2) is 5.82 Å². The van der Waals surface area contributed by atoms with Gasteiger partial charge in [-0.05, 0) is 16.7 Å². The van der Waals surface area contributed by atoms with Crippen molar-refractivity contribution in [1.82, 2.24) is 20.1 Å². The van der Waals surface area contributed by atoms with Gasteiger partial charge in [-0.3, -0.25) is 4.68 Å². The lowest BCUT2D eigenvalue weighted by atomic mass is 10.0. The third-order valence-corrected chi connectivity index (χ3v) is 3.32. The molecule has 0 spiro atoms. The number of aryl methyl sites for hydroxylation is 1. The predicted octanol–water partition coefficient (Wildman–Crippen LogP) is 2.77. The Morgan fingerprint density at radius 2 is 1.62 bits per heavy atom. The Kier molecular flexibility index (Phi) is 4.07. The number of hydrogen-bond acceptors (Lipinski definition) is 3. The Bertz CT molecular complexity index is 686. The number of hydrogen-bond donors (Lipinski definition) is 1. The average molecular weight is 278 g/mol. The summed E-state index contributed by atoms with van der Waals surface area (Å²) in [5, 5.41) is 7.59. The summed E-state index contributed by atoms with van der Waals surface area (Å²) in [4.78, 5) is 4.19. The molecule has 2 aromatic carbocycles. The highest BCUT2D eigenvalue weighted by atomic mass is 15.3. The first-order chi connectivity index (χ1) is 10.3. The molecular weight excluding hydrogens is 260 g/mol. The van der Waals surface area contributed by atoms with Gasteiger partial charge in [-0.25, -0.2) is 4.98 Å². The van der Waals surface area contributed by atoms with Crippen molar-refractivity contribution >= 4 is 0 Å². The molecule has 21 heavy (non-hydrogen) atoms. The maximum atomic E-state index is 4.24. The zero-order chi connectivity index (χ0) is 14.5. The summed E-state index contributed by atoms with van der Waals surface area (Å²) in [5.41, 5.74) is 3.74. The number of nitrogens with zero attached hydrogens (tertiary/aromatic N) is 3. The van der Waals surface area contributed by atoms with E-state index in [1.807, 2.05) is 13.1 Å². The molecule has 0 aliphatic carbocycles. The van der Waals surface area contributed by atoms with Gasteiger partial charge in [-0.1, -0.05) is 54.6 Å². The zero-order valence-corrected chi connectivity index (χ0v) is 12.0. The summed E-state index contributed by atoms with van der Waals surface area (Å²) >= 11 is 0. The number of aromatic nitrogens is 3. The van der Waals surface area contributed by atoms with Crippen LogP contribution in [0.5, 0.6) is 0 Å². The van der Waals surface area contributed by atoms with Crippen molar-refractivity contribution < 1.29 is 0 Å². The van der Waals surface area contributed by atoms with Crippen molar-refractivity contribution in [2.75, 3.05) is 0 Å². The molecule has 0 aliphatic heterocycles. The lowest BCUT2D eigenvalue weighted by Gasteiger charge is -2.05. The van der Waals surface area contributed by atoms with E-state index in [2.05, 4.69) is 63.9 Å². The molecule has 3 rings (SSSR count). The van der Waals surface area contributed by atoms with Gasteiger partial charge < -0.3 is 5.32 Å². The molecule has 0 bridgehead atoms. The lowest BCUT2D eigenvalue weighted by Crippen LogP contribution is -2.13. The van der Waals surface area contributed by atoms with E-state index in [0.29, 0.717) is 6.54 Å². The number of rotatable bonds is 5. The molecule has 0 fully saturated rings. The van der Waals surface area contributed by atoms with E-state index in [0.717, 1.165) is 12.4 Å². The van der Waals surface area contributed by atoms with E-state index < -0.39 is 0 Å². The molecule has 0 radical (unpaired) electrons. The maximum absolute atomic E-state index is 4.24. The highest BCUT2D eigenvalue weighted by Crippen LogP contribution is 2.19. The monoisotopic (exact) mass is 278 g/mol. The number of nitrogens with one attached hydrogen (secondary N) is 1. The first-order valence-electron chi connectivity index (χ1n) is 7.01. The fourth-order valence-corrected chi connectivity index (χ4v) is 2.23. The number of benzene rings is 2. The minimum Gasteiger partial charge on any atom is -0.306 e. The topological polar surface area (TPSA) is 42.7 Å². The van der Waals surface area contributed by atoms with E-state index >= 15 is 0 Å². The van der Waals surface area contributed by atoms with E-state index in [9.17, 15) is 0 Å². The highest BCUT2D eigenvalue weighted by Gasteiger charge is 2.00. The summed E-state index contributed by atoms with van der Waals surface area (Å²) in [6.45, 7) is 1.49. The second-order valence-electron chi connectivity index (χ2n) is 5.00. The first-order valence-corrected chi connectivity index (χ1v) is 7.01. The van der Waals surface area contributed by atoms with Gasteiger partial charge in [0.05, 0.1) is 6.54 Å². The molecule has 3 aromatic rings. The van der Waals surface area contributed by atoms with Crippen molar-refractivity contribution in [3.8, 4) is 11.1 Å². The Balaban J connectivity index is 1.57. The van der Waals surface area contributed by atoms with Gasteiger partial charge in [-0.2, -0.15) is 5.10 Å². The summed E-state index contributed by atoms with van der Waals surface area (Å²) in [6.07, 6.45) is 1.71. The fraction of sp³-hybridized carbons (Fsp3) is 0.176. The van der Waals surface area contributed by atoms with E-state index in [1.165, 1.54) is 16.7 Å². The van der Waals surface area contributed by atoms with Crippen LogP contribution in [0, 0.1) is 0 Å². The summed E-state index contributed by atoms with van der Waals surface area (Å²) in [7, 11) is 1.87. The smallest absolute Gasteiger partial charge is 0.164 e. The highest BCUT2D eigenvalue weighted by molar-refractivity contribution is 5.63. The molecule has 4 heteroatoms. The molecule has 4 nitrogen and oxygen atoms in total. The molecule has 0 saturated carbocycles. The van der Waals surface area contributed by atoms with Crippen LogP contribution in [0.4, 0.5) is 0 Å². The Hall–Kier alpha value is -2.46. The minimum absolute atomic E-state index is 0.682. The van der Waals surface area contributed by atoms with Gasteiger partial charge in [-0.15, -0.1) is 0 Å². The Labute approximate surface area is 124 Å². The van der Waals surface area contributed by atoms with Crippen molar-refractivity contribution in [3.63, 3.8) is 0 Å². The third kappa shape index (κ3) is 3.55. The summed E-state index contributed by atoms with van der Waals surface area (Å²) in [6, 6.07) is 19.0. The second-order valence-corrected chi connectivity index (χ2v) is 5.00. The predicted molar refractivity (Wildman–Crippen MR) is 83.4 cm³/mol. The molecule has 0 aliphatic rings. The van der Waals surface area contributed by atoms with E-state index in [1.54, 1.807) is 11.0 Å². The Morgan fingerprint density at radius 3 is 2.29 bits per heavy atom. The van der Waals surface area contributed by atoms with Gasteiger partial charge in [0, 0.05) is 13.6 Å². The van der Waals surface area contributed by atoms with Crippen LogP contribution in [0.15, 0.2) is 60.9 Å². The van der Waals surface area contributed by atoms with Crippen LogP contribution < -0.4 is 5.32 Å². The third-order valence-electron chi connectivity index (χ3n) is 3.32. The maximum Gasteiger partial charge on any atom is 0.164 e. The fourth-order valence-electron chi connectivity index (χ4n) is 2.23. The van der Waals surface area contributed by atoms with Gasteiger partial charge >= 0.3 is 0 Å². The summed E-state index contributed by atoms with van der Waals surface area (Å²) < 4.78 is 1.71. The van der Waals surface area contributed by atoms with Crippen molar-refractivity contribution in [3.05, 3.63) is 72.3 Å². The van der Waals surface area contributed by atoms with Gasteiger partial charge in [0.1, 0.15) is 6.33 Å². The molecule has 0 atom stereocenters. The molecule has 1 N–H and O–H groups in total. The van der Waals surface area contributed by atoms with Crippen molar-refractivity contribution in [2.45, 2.75) is 13.1 Å². The molecular formula is C17H18N4. The van der Waals surface area contributed by atoms with Crippen LogP contribution in [-0.2, 0) is 20.1 Å². The summed E-state index contributed by atoms with van der Waals surface area (Å²) in [5.74, 6) is 0.818. The van der Waals surface area contributed by atoms with Gasteiger partial charge in [0.2, 0.25) is 0 Å². The van der Waals surface area contributed by atoms with Crippen LogP contribution in [-0.4, -0.2) is 14.8 Å². The van der Waals surface area contributed by atoms with E-state index in [4.69, 9.17) is 0 Å². The normalized spacial score (nSPS) is 10.7. The Morgan fingerprint density at radius 1 is 0.905 bits per heavy atom. The molecule has 0 amide bonds. The van der Waals surface area contributed by atoms with Crippen LogP contribution >= 0.6 is 0 Å². The molecule has 0 unspecified atom stereocenters. The molecule has 0 saturated heterocycles. The van der Waals surface area contributed by atoms with Crippen LogP contribution in [0.3, 0.4) is 0 Å². The van der Waals surface area contributed by atoms with Crippen LogP contribution in [0.2, 0.25) is 0 Å². The van der Waals surface area contributed by atoms with Gasteiger partial charge in [0.25, 0.3) is 0 Å². The van der Waals surface area contributed by atoms with Crippen LogP contribution in [0.25, 0.3) is 11.1 Å². The standard InChI is InChI=1S/C17H18N4/c1-21-13-19-17(20-21)12-18-11-14-7-9-16(10-8-14)15-5-3-2-4-6-15/h2-10,13,18H,11-12H2,1H3. The lowest BCUT2D eigenvalue weighted by molar-refractivity contribution is 0.649. The zero-order valence-electron chi connectivity index (χ0n) is 12.0. The van der Waals surface area contributed by atoms with Crippen molar-refractivity contribution in [1.29, 1.82) is 0 Å². The SMILES string of the molecule is Cn1cnc(CNCc2ccc(-c3ccccc3)cc2)n1. The quantitative estimate of drug-likeness (QED) is 0.780.